The van der Waals surface area contributed by atoms with Crippen molar-refractivity contribution < 1.29 is 23.1 Å². The first-order valence-corrected chi connectivity index (χ1v) is 7.53. The first kappa shape index (κ1) is 17.1. The lowest BCUT2D eigenvalue weighted by Gasteiger charge is -2.24. The van der Waals surface area contributed by atoms with E-state index in [0.717, 1.165) is 12.5 Å². The standard InChI is InChI=1S/C15H17ClF3NO2/c1-2-4-14(13(21)22)5-3-9(7-14)10-6-11(15(17,18)19)12(16)20-8-10/h6,8-9H,2-5,7H2,1H3,(H,21,22). The Labute approximate surface area is 131 Å². The second-order valence-electron chi connectivity index (χ2n) is 5.88. The molecule has 0 spiro atoms. The predicted molar refractivity (Wildman–Crippen MR) is 75.8 cm³/mol. The third-order valence-corrected chi connectivity index (χ3v) is 4.73. The van der Waals surface area contributed by atoms with Crippen molar-refractivity contribution >= 4 is 17.6 Å². The molecular formula is C15H17ClF3NO2. The fourth-order valence-electron chi connectivity index (χ4n) is 3.30. The van der Waals surface area contributed by atoms with E-state index in [1.165, 1.54) is 6.20 Å². The molecule has 0 amide bonds. The molecule has 2 atom stereocenters. The van der Waals surface area contributed by atoms with Crippen LogP contribution in [0, 0.1) is 5.41 Å². The SMILES string of the molecule is CCCC1(C(=O)O)CCC(c2cnc(Cl)c(C(F)(F)F)c2)C1. The van der Waals surface area contributed by atoms with E-state index in [2.05, 4.69) is 4.98 Å². The number of alkyl halides is 3. The summed E-state index contributed by atoms with van der Waals surface area (Å²) in [6.07, 6.45) is -0.607. The molecule has 1 saturated carbocycles. The van der Waals surface area contributed by atoms with Gasteiger partial charge in [0.1, 0.15) is 5.15 Å². The highest BCUT2D eigenvalue weighted by Gasteiger charge is 2.45. The van der Waals surface area contributed by atoms with Gasteiger partial charge in [-0.05, 0) is 43.2 Å². The lowest BCUT2D eigenvalue weighted by Crippen LogP contribution is -2.27. The molecule has 0 bridgehead atoms. The molecule has 2 unspecified atom stereocenters. The average Bonchev–Trinajstić information content (AvgIpc) is 2.84. The number of carboxylic acid groups (broad SMARTS) is 1. The topological polar surface area (TPSA) is 50.2 Å². The van der Waals surface area contributed by atoms with E-state index in [4.69, 9.17) is 11.6 Å². The highest BCUT2D eigenvalue weighted by Crippen LogP contribution is 2.50. The summed E-state index contributed by atoms with van der Waals surface area (Å²) in [4.78, 5) is 15.2. The maximum atomic E-state index is 12.9. The van der Waals surface area contributed by atoms with Crippen LogP contribution in [0.25, 0.3) is 0 Å². The van der Waals surface area contributed by atoms with Gasteiger partial charge in [-0.15, -0.1) is 0 Å². The minimum atomic E-state index is -4.56. The van der Waals surface area contributed by atoms with Gasteiger partial charge < -0.3 is 5.11 Å². The first-order chi connectivity index (χ1) is 10.2. The Morgan fingerprint density at radius 1 is 1.55 bits per heavy atom. The summed E-state index contributed by atoms with van der Waals surface area (Å²) in [5, 5.41) is 8.89. The highest BCUT2D eigenvalue weighted by molar-refractivity contribution is 6.30. The van der Waals surface area contributed by atoms with E-state index in [1.807, 2.05) is 6.92 Å². The Kier molecular flexibility index (Phi) is 4.70. The molecule has 1 fully saturated rings. The molecule has 1 aromatic rings. The summed E-state index contributed by atoms with van der Waals surface area (Å²) in [5.41, 5.74) is -1.39. The minimum Gasteiger partial charge on any atom is -0.481 e. The quantitative estimate of drug-likeness (QED) is 0.797. The summed E-state index contributed by atoms with van der Waals surface area (Å²) in [6, 6.07) is 1.00. The van der Waals surface area contributed by atoms with E-state index in [0.29, 0.717) is 31.2 Å². The van der Waals surface area contributed by atoms with Crippen LogP contribution in [-0.4, -0.2) is 16.1 Å². The van der Waals surface area contributed by atoms with Gasteiger partial charge in [-0.1, -0.05) is 24.9 Å². The molecule has 122 valence electrons. The van der Waals surface area contributed by atoms with E-state index < -0.39 is 28.3 Å². The molecule has 1 aromatic heterocycles. The van der Waals surface area contributed by atoms with Gasteiger partial charge in [0.2, 0.25) is 0 Å². The predicted octanol–water partition coefficient (Wildman–Crippen LogP) is 4.89. The maximum Gasteiger partial charge on any atom is 0.419 e. The van der Waals surface area contributed by atoms with Crippen molar-refractivity contribution in [3.05, 3.63) is 28.5 Å². The Morgan fingerprint density at radius 2 is 2.23 bits per heavy atom. The Hall–Kier alpha value is -1.30. The van der Waals surface area contributed by atoms with Gasteiger partial charge in [-0.25, -0.2) is 4.98 Å². The second-order valence-corrected chi connectivity index (χ2v) is 6.24. The molecule has 1 aliphatic carbocycles. The minimum absolute atomic E-state index is 0.228. The van der Waals surface area contributed by atoms with Crippen molar-refractivity contribution in [2.45, 2.75) is 51.1 Å². The third-order valence-electron chi connectivity index (χ3n) is 4.43. The summed E-state index contributed by atoms with van der Waals surface area (Å²) >= 11 is 5.52. The van der Waals surface area contributed by atoms with Crippen LogP contribution in [0.4, 0.5) is 13.2 Å². The molecule has 0 radical (unpaired) electrons. The molecule has 7 heteroatoms. The number of rotatable bonds is 4. The van der Waals surface area contributed by atoms with Gasteiger partial charge in [0.25, 0.3) is 0 Å². The zero-order valence-corrected chi connectivity index (χ0v) is 12.8. The normalized spacial score (nSPS) is 25.4. The van der Waals surface area contributed by atoms with Crippen molar-refractivity contribution in [2.75, 3.05) is 0 Å². The fourth-order valence-corrected chi connectivity index (χ4v) is 3.51. The lowest BCUT2D eigenvalue weighted by atomic mass is 9.80. The van der Waals surface area contributed by atoms with Gasteiger partial charge in [0.05, 0.1) is 11.0 Å². The number of aliphatic carboxylic acids is 1. The summed E-state index contributed by atoms with van der Waals surface area (Å²) in [5.74, 6) is -1.09. The molecule has 1 heterocycles. The number of carbonyl (C=O) groups is 1. The van der Waals surface area contributed by atoms with Crippen molar-refractivity contribution in [2.24, 2.45) is 5.41 Å². The highest BCUT2D eigenvalue weighted by atomic mass is 35.5. The van der Waals surface area contributed by atoms with Crippen LogP contribution in [-0.2, 0) is 11.0 Å². The first-order valence-electron chi connectivity index (χ1n) is 7.15. The Morgan fingerprint density at radius 3 is 2.77 bits per heavy atom. The summed E-state index contributed by atoms with van der Waals surface area (Å²) in [7, 11) is 0. The van der Waals surface area contributed by atoms with Crippen LogP contribution in [0.1, 0.15) is 56.1 Å². The van der Waals surface area contributed by atoms with Gasteiger partial charge in [-0.2, -0.15) is 13.2 Å². The molecular weight excluding hydrogens is 319 g/mol. The maximum absolute atomic E-state index is 12.9. The molecule has 0 saturated heterocycles. The van der Waals surface area contributed by atoms with E-state index in [-0.39, 0.29) is 5.92 Å². The number of carboxylic acids is 1. The molecule has 1 aliphatic rings. The van der Waals surface area contributed by atoms with Crippen molar-refractivity contribution in [3.8, 4) is 0 Å². The molecule has 1 N–H and O–H groups in total. The average molecular weight is 336 g/mol. The van der Waals surface area contributed by atoms with Crippen LogP contribution in [0.3, 0.4) is 0 Å². The Bertz CT molecular complexity index is 576. The molecule has 0 aliphatic heterocycles. The van der Waals surface area contributed by atoms with E-state index >= 15 is 0 Å². The number of nitrogens with zero attached hydrogens (tertiary/aromatic N) is 1. The van der Waals surface area contributed by atoms with Crippen molar-refractivity contribution in [3.63, 3.8) is 0 Å². The number of hydrogen-bond donors (Lipinski definition) is 1. The number of pyridine rings is 1. The number of halogens is 4. The van der Waals surface area contributed by atoms with Gasteiger partial charge in [-0.3, -0.25) is 4.79 Å². The van der Waals surface area contributed by atoms with Crippen LogP contribution in [0.5, 0.6) is 0 Å². The number of hydrogen-bond acceptors (Lipinski definition) is 2. The molecule has 2 rings (SSSR count). The third kappa shape index (κ3) is 3.21. The van der Waals surface area contributed by atoms with Crippen LogP contribution < -0.4 is 0 Å². The van der Waals surface area contributed by atoms with Crippen LogP contribution in [0.2, 0.25) is 5.15 Å². The molecule has 0 aromatic carbocycles. The molecule has 22 heavy (non-hydrogen) atoms. The fraction of sp³-hybridized carbons (Fsp3) is 0.600. The van der Waals surface area contributed by atoms with Crippen molar-refractivity contribution in [1.29, 1.82) is 0 Å². The molecule has 3 nitrogen and oxygen atoms in total. The van der Waals surface area contributed by atoms with Gasteiger partial charge in [0.15, 0.2) is 0 Å². The van der Waals surface area contributed by atoms with Crippen LogP contribution >= 0.6 is 11.6 Å². The monoisotopic (exact) mass is 335 g/mol. The summed E-state index contributed by atoms with van der Waals surface area (Å²) in [6.45, 7) is 1.91. The van der Waals surface area contributed by atoms with Crippen LogP contribution in [0.15, 0.2) is 12.3 Å². The second kappa shape index (κ2) is 6.07. The van der Waals surface area contributed by atoms with Crippen molar-refractivity contribution in [1.82, 2.24) is 4.98 Å². The zero-order valence-electron chi connectivity index (χ0n) is 12.1. The van der Waals surface area contributed by atoms with Gasteiger partial charge >= 0.3 is 12.1 Å². The number of aromatic nitrogens is 1. The van der Waals surface area contributed by atoms with E-state index in [1.54, 1.807) is 0 Å². The van der Waals surface area contributed by atoms with E-state index in [9.17, 15) is 23.1 Å². The zero-order chi connectivity index (χ0) is 16.5. The van der Waals surface area contributed by atoms with Gasteiger partial charge in [0, 0.05) is 6.20 Å². The smallest absolute Gasteiger partial charge is 0.419 e. The Balaban J connectivity index is 2.29. The largest absolute Gasteiger partial charge is 0.481 e. The summed E-state index contributed by atoms with van der Waals surface area (Å²) < 4.78 is 38.7. The lowest BCUT2D eigenvalue weighted by molar-refractivity contribution is -0.149.